The topological polar surface area (TPSA) is 59.8 Å². The third-order valence-electron chi connectivity index (χ3n) is 3.54. The first-order valence-electron chi connectivity index (χ1n) is 7.68. The van der Waals surface area contributed by atoms with Gasteiger partial charge in [0.1, 0.15) is 0 Å². The lowest BCUT2D eigenvalue weighted by atomic mass is 10.1. The summed E-state index contributed by atoms with van der Waals surface area (Å²) < 4.78 is 1.85. The summed E-state index contributed by atoms with van der Waals surface area (Å²) >= 11 is 1.69. The number of hydrogen-bond donors (Lipinski definition) is 1. The summed E-state index contributed by atoms with van der Waals surface area (Å²) in [5.41, 5.74) is 2.22. The van der Waals surface area contributed by atoms with Gasteiger partial charge in [0.25, 0.3) is 5.91 Å². The normalized spacial score (nSPS) is 11.3. The van der Waals surface area contributed by atoms with Gasteiger partial charge in [0.15, 0.2) is 5.65 Å². The van der Waals surface area contributed by atoms with E-state index in [1.165, 1.54) is 4.88 Å². The Bertz CT molecular complexity index is 821. The molecule has 0 fully saturated rings. The molecule has 6 heteroatoms. The van der Waals surface area contributed by atoms with Gasteiger partial charge in [0.05, 0.1) is 23.7 Å². The fourth-order valence-corrected chi connectivity index (χ4v) is 3.10. The Hall–Kier alpha value is -2.21. The van der Waals surface area contributed by atoms with Crippen LogP contribution in [0.2, 0.25) is 0 Å². The van der Waals surface area contributed by atoms with Gasteiger partial charge in [-0.2, -0.15) is 5.10 Å². The van der Waals surface area contributed by atoms with E-state index in [9.17, 15) is 4.79 Å². The highest BCUT2D eigenvalue weighted by Crippen LogP contribution is 2.20. The predicted molar refractivity (Wildman–Crippen MR) is 92.9 cm³/mol. The summed E-state index contributed by atoms with van der Waals surface area (Å²) in [6.45, 7) is 7.39. The molecule has 0 bridgehead atoms. The van der Waals surface area contributed by atoms with E-state index in [1.54, 1.807) is 17.5 Å². The Morgan fingerprint density at radius 2 is 2.26 bits per heavy atom. The Labute approximate surface area is 139 Å². The van der Waals surface area contributed by atoms with Crippen molar-refractivity contribution in [2.24, 2.45) is 5.92 Å². The van der Waals surface area contributed by atoms with Crippen LogP contribution in [0.15, 0.2) is 29.8 Å². The standard InChI is InChI=1S/C17H20N4OS/c1-11(2)8-18-17(22)14-7-12(3)20-16-15(14)9-19-21(16)10-13-5-4-6-23-13/h4-7,9,11H,8,10H2,1-3H3,(H,18,22). The molecule has 1 N–H and O–H groups in total. The van der Waals surface area contributed by atoms with Crippen LogP contribution in [0.25, 0.3) is 11.0 Å². The maximum absolute atomic E-state index is 12.5. The van der Waals surface area contributed by atoms with Crippen molar-refractivity contribution in [3.63, 3.8) is 0 Å². The van der Waals surface area contributed by atoms with Crippen LogP contribution in [0.3, 0.4) is 0 Å². The van der Waals surface area contributed by atoms with Gasteiger partial charge >= 0.3 is 0 Å². The Kier molecular flexibility index (Phi) is 4.43. The lowest BCUT2D eigenvalue weighted by Gasteiger charge is -2.09. The lowest BCUT2D eigenvalue weighted by molar-refractivity contribution is 0.0950. The highest BCUT2D eigenvalue weighted by atomic mass is 32.1. The molecule has 5 nitrogen and oxygen atoms in total. The number of aryl methyl sites for hydroxylation is 1. The Morgan fingerprint density at radius 3 is 2.96 bits per heavy atom. The van der Waals surface area contributed by atoms with Crippen molar-refractivity contribution in [2.45, 2.75) is 27.3 Å². The third-order valence-corrected chi connectivity index (χ3v) is 4.40. The van der Waals surface area contributed by atoms with Gasteiger partial charge < -0.3 is 5.32 Å². The third kappa shape index (κ3) is 3.42. The number of nitrogens with one attached hydrogen (secondary N) is 1. The molecular weight excluding hydrogens is 308 g/mol. The number of aromatic nitrogens is 3. The number of rotatable bonds is 5. The van der Waals surface area contributed by atoms with Gasteiger partial charge in [-0.15, -0.1) is 11.3 Å². The molecule has 120 valence electrons. The van der Waals surface area contributed by atoms with E-state index >= 15 is 0 Å². The van der Waals surface area contributed by atoms with Gasteiger partial charge in [-0.3, -0.25) is 4.79 Å². The monoisotopic (exact) mass is 328 g/mol. The number of hydrogen-bond acceptors (Lipinski definition) is 4. The minimum Gasteiger partial charge on any atom is -0.352 e. The number of pyridine rings is 1. The maximum atomic E-state index is 12.5. The van der Waals surface area contributed by atoms with Crippen LogP contribution in [0.4, 0.5) is 0 Å². The molecule has 23 heavy (non-hydrogen) atoms. The largest absolute Gasteiger partial charge is 0.352 e. The molecule has 3 heterocycles. The molecule has 0 spiro atoms. The molecule has 0 saturated heterocycles. The minimum absolute atomic E-state index is 0.0649. The SMILES string of the molecule is Cc1cc(C(=O)NCC(C)C)c2cnn(Cc3cccs3)c2n1. The molecule has 3 aromatic heterocycles. The van der Waals surface area contributed by atoms with Gasteiger partial charge in [-0.25, -0.2) is 9.67 Å². The van der Waals surface area contributed by atoms with E-state index in [0.717, 1.165) is 16.7 Å². The van der Waals surface area contributed by atoms with Crippen molar-refractivity contribution < 1.29 is 4.79 Å². The molecule has 0 saturated carbocycles. The van der Waals surface area contributed by atoms with E-state index in [0.29, 0.717) is 24.6 Å². The number of nitrogens with zero attached hydrogens (tertiary/aromatic N) is 3. The zero-order valence-electron chi connectivity index (χ0n) is 13.5. The molecule has 0 aliphatic heterocycles. The van der Waals surface area contributed by atoms with Crippen LogP contribution in [-0.4, -0.2) is 27.2 Å². The van der Waals surface area contributed by atoms with Crippen LogP contribution in [0.1, 0.15) is 34.8 Å². The molecule has 0 aromatic carbocycles. The molecule has 0 radical (unpaired) electrons. The molecule has 0 aliphatic rings. The van der Waals surface area contributed by atoms with Crippen LogP contribution < -0.4 is 5.32 Å². The number of carbonyl (C=O) groups excluding carboxylic acids is 1. The fraction of sp³-hybridized carbons (Fsp3) is 0.353. The zero-order chi connectivity index (χ0) is 16.4. The number of thiophene rings is 1. The second-order valence-electron chi connectivity index (χ2n) is 6.03. The van der Waals surface area contributed by atoms with E-state index in [-0.39, 0.29) is 5.91 Å². The van der Waals surface area contributed by atoms with Crippen LogP contribution in [-0.2, 0) is 6.54 Å². The molecular formula is C17H20N4OS. The quantitative estimate of drug-likeness (QED) is 0.782. The molecule has 1 amide bonds. The molecule has 0 atom stereocenters. The zero-order valence-corrected chi connectivity index (χ0v) is 14.4. The van der Waals surface area contributed by atoms with E-state index in [2.05, 4.69) is 35.3 Å². The van der Waals surface area contributed by atoms with Gasteiger partial charge in [-0.05, 0) is 30.4 Å². The fourth-order valence-electron chi connectivity index (χ4n) is 2.42. The minimum atomic E-state index is -0.0649. The van der Waals surface area contributed by atoms with E-state index in [1.807, 2.05) is 29.1 Å². The molecule has 3 rings (SSSR count). The number of fused-ring (bicyclic) bond motifs is 1. The first kappa shape index (κ1) is 15.7. The Morgan fingerprint density at radius 1 is 1.43 bits per heavy atom. The van der Waals surface area contributed by atoms with E-state index < -0.39 is 0 Å². The van der Waals surface area contributed by atoms with Gasteiger partial charge in [0.2, 0.25) is 0 Å². The highest BCUT2D eigenvalue weighted by Gasteiger charge is 2.16. The summed E-state index contributed by atoms with van der Waals surface area (Å²) in [6.07, 6.45) is 1.74. The number of amides is 1. The molecule has 3 aromatic rings. The maximum Gasteiger partial charge on any atom is 0.252 e. The molecule has 0 unspecified atom stereocenters. The average molecular weight is 328 g/mol. The first-order valence-corrected chi connectivity index (χ1v) is 8.56. The molecule has 0 aliphatic carbocycles. The van der Waals surface area contributed by atoms with Crippen molar-refractivity contribution in [3.05, 3.63) is 45.9 Å². The highest BCUT2D eigenvalue weighted by molar-refractivity contribution is 7.09. The predicted octanol–water partition coefficient (Wildman–Crippen LogP) is 3.24. The summed E-state index contributed by atoms with van der Waals surface area (Å²) in [5.74, 6) is 0.351. The van der Waals surface area contributed by atoms with Crippen LogP contribution >= 0.6 is 11.3 Å². The van der Waals surface area contributed by atoms with Gasteiger partial charge in [0, 0.05) is 17.1 Å². The van der Waals surface area contributed by atoms with Crippen LogP contribution in [0, 0.1) is 12.8 Å². The lowest BCUT2D eigenvalue weighted by Crippen LogP contribution is -2.27. The van der Waals surface area contributed by atoms with Crippen molar-refractivity contribution in [3.8, 4) is 0 Å². The van der Waals surface area contributed by atoms with Crippen molar-refractivity contribution >= 4 is 28.3 Å². The second-order valence-corrected chi connectivity index (χ2v) is 7.07. The Balaban J connectivity index is 1.96. The number of carbonyl (C=O) groups is 1. The summed E-state index contributed by atoms with van der Waals surface area (Å²) in [4.78, 5) is 18.3. The van der Waals surface area contributed by atoms with E-state index in [4.69, 9.17) is 0 Å². The first-order chi connectivity index (χ1) is 11.0. The van der Waals surface area contributed by atoms with Crippen LogP contribution in [0.5, 0.6) is 0 Å². The second kappa shape index (κ2) is 6.50. The average Bonchev–Trinajstić information content (AvgIpc) is 3.15. The summed E-state index contributed by atoms with van der Waals surface area (Å²) in [7, 11) is 0. The van der Waals surface area contributed by atoms with Crippen molar-refractivity contribution in [2.75, 3.05) is 6.54 Å². The summed E-state index contributed by atoms with van der Waals surface area (Å²) in [5, 5.41) is 10.2. The summed E-state index contributed by atoms with van der Waals surface area (Å²) in [6, 6.07) is 5.93. The van der Waals surface area contributed by atoms with Gasteiger partial charge in [-0.1, -0.05) is 19.9 Å². The van der Waals surface area contributed by atoms with Crippen molar-refractivity contribution in [1.29, 1.82) is 0 Å². The smallest absolute Gasteiger partial charge is 0.252 e. The van der Waals surface area contributed by atoms with Crippen molar-refractivity contribution in [1.82, 2.24) is 20.1 Å².